The number of thioether (sulfide) groups is 1. The van der Waals surface area contributed by atoms with Crippen LogP contribution in [0.1, 0.15) is 19.8 Å². The summed E-state index contributed by atoms with van der Waals surface area (Å²) in [4.78, 5) is 21.0. The predicted octanol–water partition coefficient (Wildman–Crippen LogP) is 1.15. The van der Waals surface area contributed by atoms with E-state index in [4.69, 9.17) is 5.11 Å². The van der Waals surface area contributed by atoms with Gasteiger partial charge < -0.3 is 9.84 Å². The van der Waals surface area contributed by atoms with E-state index in [1.165, 1.54) is 18.9 Å². The summed E-state index contributed by atoms with van der Waals surface area (Å²) in [5.74, 6) is -0.394. The summed E-state index contributed by atoms with van der Waals surface area (Å²) in [5, 5.41) is 8.12. The topological polar surface area (TPSA) is 63.6 Å². The normalized spacial score (nSPS) is 12.2. The van der Waals surface area contributed by atoms with Gasteiger partial charge in [-0.25, -0.2) is 0 Å². The number of hydrogen-bond acceptors (Lipinski definition) is 4. The van der Waals surface area contributed by atoms with E-state index < -0.39 is 5.97 Å². The fraction of sp³-hybridized carbons (Fsp3) is 0.750. The van der Waals surface area contributed by atoms with Crippen LogP contribution in [0, 0.1) is 0 Å². The van der Waals surface area contributed by atoms with Gasteiger partial charge in [0.05, 0.1) is 12.4 Å². The predicted molar refractivity (Wildman–Crippen MR) is 50.8 cm³/mol. The number of rotatable bonds is 6. The average molecular weight is 206 g/mol. The molecule has 0 aromatic heterocycles. The number of methoxy groups -OCH3 is 1. The Kier molecular flexibility index (Phi) is 6.40. The van der Waals surface area contributed by atoms with E-state index >= 15 is 0 Å². The van der Waals surface area contributed by atoms with Crippen molar-refractivity contribution in [3.8, 4) is 0 Å². The van der Waals surface area contributed by atoms with Crippen molar-refractivity contribution in [3.63, 3.8) is 0 Å². The van der Waals surface area contributed by atoms with Crippen LogP contribution in [0.15, 0.2) is 0 Å². The number of aliphatic carboxylic acids is 1. The van der Waals surface area contributed by atoms with Crippen LogP contribution in [0.25, 0.3) is 0 Å². The molecule has 0 rings (SSSR count). The maximum atomic E-state index is 10.9. The van der Waals surface area contributed by atoms with Crippen LogP contribution in [-0.4, -0.2) is 35.2 Å². The first-order chi connectivity index (χ1) is 6.07. The van der Waals surface area contributed by atoms with E-state index in [0.717, 1.165) is 0 Å². The first-order valence-corrected chi connectivity index (χ1v) is 5.04. The number of ether oxygens (including phenoxy) is 1. The number of carboxylic acids is 1. The number of carboxylic acid groups (broad SMARTS) is 1. The van der Waals surface area contributed by atoms with Crippen molar-refractivity contribution in [1.82, 2.24) is 0 Å². The molecule has 0 saturated heterocycles. The molecule has 76 valence electrons. The zero-order chi connectivity index (χ0) is 10.3. The number of esters is 1. The lowest BCUT2D eigenvalue weighted by Gasteiger charge is -2.07. The lowest BCUT2D eigenvalue weighted by Crippen LogP contribution is -2.15. The molecule has 0 aliphatic rings. The third-order valence-corrected chi connectivity index (χ3v) is 2.65. The third kappa shape index (κ3) is 6.45. The molecule has 0 aliphatic heterocycles. The second-order valence-corrected chi connectivity index (χ2v) is 3.98. The molecule has 0 aliphatic carbocycles. The monoisotopic (exact) mass is 206 g/mol. The van der Waals surface area contributed by atoms with Crippen molar-refractivity contribution in [3.05, 3.63) is 0 Å². The van der Waals surface area contributed by atoms with Gasteiger partial charge in [0.25, 0.3) is 0 Å². The van der Waals surface area contributed by atoms with Crippen LogP contribution in [0.4, 0.5) is 0 Å². The van der Waals surface area contributed by atoms with Crippen LogP contribution in [0.3, 0.4) is 0 Å². The molecule has 1 N–H and O–H groups in total. The van der Waals surface area contributed by atoms with Crippen LogP contribution in [0.2, 0.25) is 0 Å². The SMILES string of the molecule is COC(=O)C(C)SCCCC(=O)O. The van der Waals surface area contributed by atoms with Crippen molar-refractivity contribution in [2.75, 3.05) is 12.9 Å². The molecular weight excluding hydrogens is 192 g/mol. The second kappa shape index (κ2) is 6.77. The second-order valence-electron chi connectivity index (χ2n) is 2.53. The highest BCUT2D eigenvalue weighted by Crippen LogP contribution is 2.13. The minimum absolute atomic E-state index is 0.154. The van der Waals surface area contributed by atoms with Gasteiger partial charge in [-0.15, -0.1) is 11.8 Å². The first-order valence-electron chi connectivity index (χ1n) is 3.99. The van der Waals surface area contributed by atoms with Gasteiger partial charge in [-0.05, 0) is 19.1 Å². The highest BCUT2D eigenvalue weighted by atomic mass is 32.2. The fourth-order valence-corrected chi connectivity index (χ4v) is 1.61. The molecule has 1 unspecified atom stereocenters. The molecule has 0 heterocycles. The Morgan fingerprint density at radius 3 is 2.62 bits per heavy atom. The molecule has 13 heavy (non-hydrogen) atoms. The van der Waals surface area contributed by atoms with Crippen LogP contribution in [0.5, 0.6) is 0 Å². The van der Waals surface area contributed by atoms with Crippen LogP contribution in [-0.2, 0) is 14.3 Å². The van der Waals surface area contributed by atoms with Crippen molar-refractivity contribution < 1.29 is 19.4 Å². The van der Waals surface area contributed by atoms with Gasteiger partial charge in [0, 0.05) is 6.42 Å². The molecule has 4 nitrogen and oxygen atoms in total. The number of hydrogen-bond donors (Lipinski definition) is 1. The summed E-state index contributed by atoms with van der Waals surface area (Å²) in [6, 6.07) is 0. The zero-order valence-corrected chi connectivity index (χ0v) is 8.60. The molecule has 0 radical (unpaired) electrons. The van der Waals surface area contributed by atoms with E-state index in [1.807, 2.05) is 0 Å². The van der Waals surface area contributed by atoms with Gasteiger partial charge in [-0.2, -0.15) is 0 Å². The summed E-state index contributed by atoms with van der Waals surface area (Å²) >= 11 is 1.41. The molecule has 1 atom stereocenters. The van der Waals surface area contributed by atoms with Gasteiger partial charge in [-0.1, -0.05) is 0 Å². The van der Waals surface area contributed by atoms with Gasteiger partial charge in [0.1, 0.15) is 0 Å². The standard InChI is InChI=1S/C8H14O4S/c1-6(8(11)12-2)13-5-3-4-7(9)10/h6H,3-5H2,1-2H3,(H,9,10). The fourth-order valence-electron chi connectivity index (χ4n) is 0.718. The lowest BCUT2D eigenvalue weighted by atomic mass is 10.3. The molecule has 0 fully saturated rings. The summed E-state index contributed by atoms with van der Waals surface area (Å²) in [6.07, 6.45) is 0.738. The van der Waals surface area contributed by atoms with E-state index in [9.17, 15) is 9.59 Å². The molecule has 0 aromatic rings. The highest BCUT2D eigenvalue weighted by Gasteiger charge is 2.12. The Morgan fingerprint density at radius 2 is 2.15 bits per heavy atom. The summed E-state index contributed by atoms with van der Waals surface area (Å²) < 4.78 is 4.51. The molecule has 0 bridgehead atoms. The van der Waals surface area contributed by atoms with E-state index in [-0.39, 0.29) is 17.6 Å². The van der Waals surface area contributed by atoms with Gasteiger partial charge in [0.2, 0.25) is 0 Å². The molecule has 0 saturated carbocycles. The van der Waals surface area contributed by atoms with Crippen LogP contribution < -0.4 is 0 Å². The quantitative estimate of drug-likeness (QED) is 0.521. The smallest absolute Gasteiger partial charge is 0.318 e. The van der Waals surface area contributed by atoms with E-state index in [1.54, 1.807) is 6.92 Å². The molecule has 0 spiro atoms. The zero-order valence-electron chi connectivity index (χ0n) is 7.78. The van der Waals surface area contributed by atoms with Crippen molar-refractivity contribution >= 4 is 23.7 Å². The Hall–Kier alpha value is -0.710. The summed E-state index contributed by atoms with van der Waals surface area (Å²) in [6.45, 7) is 1.75. The summed E-state index contributed by atoms with van der Waals surface area (Å²) in [7, 11) is 1.34. The van der Waals surface area contributed by atoms with Crippen molar-refractivity contribution in [2.24, 2.45) is 0 Å². The Labute approximate surface area is 81.6 Å². The first kappa shape index (κ1) is 12.3. The van der Waals surface area contributed by atoms with Gasteiger partial charge in [-0.3, -0.25) is 9.59 Å². The average Bonchev–Trinajstić information content (AvgIpc) is 2.10. The highest BCUT2D eigenvalue weighted by molar-refractivity contribution is 8.00. The van der Waals surface area contributed by atoms with Crippen molar-refractivity contribution in [2.45, 2.75) is 25.0 Å². The molecule has 0 aromatic carbocycles. The van der Waals surface area contributed by atoms with E-state index in [2.05, 4.69) is 4.74 Å². The lowest BCUT2D eigenvalue weighted by molar-refractivity contribution is -0.139. The Morgan fingerprint density at radius 1 is 1.54 bits per heavy atom. The van der Waals surface area contributed by atoms with Crippen LogP contribution >= 0.6 is 11.8 Å². The minimum Gasteiger partial charge on any atom is -0.481 e. The molecule has 0 amide bonds. The largest absolute Gasteiger partial charge is 0.481 e. The maximum absolute atomic E-state index is 10.9. The van der Waals surface area contributed by atoms with Gasteiger partial charge in [0.15, 0.2) is 0 Å². The Bertz CT molecular complexity index is 181. The number of carbonyl (C=O) groups excluding carboxylic acids is 1. The van der Waals surface area contributed by atoms with E-state index in [0.29, 0.717) is 12.2 Å². The summed E-state index contributed by atoms with van der Waals surface area (Å²) in [5.41, 5.74) is 0. The maximum Gasteiger partial charge on any atom is 0.318 e. The number of carbonyl (C=O) groups is 2. The third-order valence-electron chi connectivity index (χ3n) is 1.44. The Balaban J connectivity index is 3.42. The van der Waals surface area contributed by atoms with Crippen molar-refractivity contribution in [1.29, 1.82) is 0 Å². The molecular formula is C8H14O4S. The minimum atomic E-state index is -0.800. The molecule has 5 heteroatoms. The van der Waals surface area contributed by atoms with Gasteiger partial charge >= 0.3 is 11.9 Å².